The van der Waals surface area contributed by atoms with Crippen molar-refractivity contribution >= 4 is 17.8 Å². The zero-order chi connectivity index (χ0) is 25.5. The zero-order valence-electron chi connectivity index (χ0n) is 20.9. The molecule has 1 fully saturated rings. The molecule has 1 unspecified atom stereocenters. The van der Waals surface area contributed by atoms with Gasteiger partial charge in [-0.1, -0.05) is 12.5 Å². The molecule has 0 aliphatic carbocycles. The first-order valence-electron chi connectivity index (χ1n) is 12.6. The summed E-state index contributed by atoms with van der Waals surface area (Å²) in [6.07, 6.45) is 7.87. The van der Waals surface area contributed by atoms with E-state index in [1.165, 1.54) is 24.8 Å². The topological polar surface area (TPSA) is 92.5 Å². The monoisotopic (exact) mass is 494 g/mol. The Kier molecular flexibility index (Phi) is 8.48. The van der Waals surface area contributed by atoms with Crippen molar-refractivity contribution in [2.45, 2.75) is 39.2 Å². The normalized spacial score (nSPS) is 18.9. The number of furan rings is 1. The van der Waals surface area contributed by atoms with Crippen LogP contribution in [0, 0.1) is 0 Å². The van der Waals surface area contributed by atoms with Crippen molar-refractivity contribution in [2.75, 3.05) is 39.4 Å². The molecular formula is C28H34N2O6. The fourth-order valence-corrected chi connectivity index (χ4v) is 4.79. The molecule has 4 rings (SSSR count). The Morgan fingerprint density at radius 3 is 2.53 bits per heavy atom. The fourth-order valence-electron chi connectivity index (χ4n) is 4.79. The van der Waals surface area contributed by atoms with Gasteiger partial charge in [0.2, 0.25) is 0 Å². The van der Waals surface area contributed by atoms with Gasteiger partial charge in [-0.2, -0.15) is 0 Å². The van der Waals surface area contributed by atoms with Crippen molar-refractivity contribution in [3.63, 3.8) is 0 Å². The van der Waals surface area contributed by atoms with Crippen LogP contribution < -0.4 is 9.47 Å². The summed E-state index contributed by atoms with van der Waals surface area (Å²) in [7, 11) is 0. The first kappa shape index (κ1) is 25.6. The van der Waals surface area contributed by atoms with Gasteiger partial charge < -0.3 is 28.8 Å². The Morgan fingerprint density at radius 1 is 1.08 bits per heavy atom. The van der Waals surface area contributed by atoms with Crippen LogP contribution in [0.4, 0.5) is 0 Å². The highest BCUT2D eigenvalue weighted by Gasteiger charge is 2.43. The molecule has 1 aromatic heterocycles. The van der Waals surface area contributed by atoms with Gasteiger partial charge in [-0.25, -0.2) is 0 Å². The van der Waals surface area contributed by atoms with E-state index in [1.807, 2.05) is 19.9 Å². The van der Waals surface area contributed by atoms with Crippen LogP contribution >= 0.6 is 0 Å². The second-order valence-corrected chi connectivity index (χ2v) is 8.85. The molecule has 1 amide bonds. The van der Waals surface area contributed by atoms with Gasteiger partial charge in [-0.05, 0) is 81.8 Å². The number of ether oxygens (including phenoxy) is 2. The summed E-state index contributed by atoms with van der Waals surface area (Å²) in [4.78, 5) is 30.5. The lowest BCUT2D eigenvalue weighted by Crippen LogP contribution is -2.40. The minimum Gasteiger partial charge on any atom is -0.503 e. The molecule has 1 saturated heterocycles. The van der Waals surface area contributed by atoms with Crippen LogP contribution in [0.5, 0.6) is 11.5 Å². The number of aliphatic hydroxyl groups excluding tert-OH is 1. The van der Waals surface area contributed by atoms with Crippen LogP contribution in [-0.2, 0) is 9.59 Å². The molecular weight excluding hydrogens is 460 g/mol. The third-order valence-electron chi connectivity index (χ3n) is 6.50. The summed E-state index contributed by atoms with van der Waals surface area (Å²) in [5.74, 6) is 0.120. The second kappa shape index (κ2) is 11.9. The predicted molar refractivity (Wildman–Crippen MR) is 136 cm³/mol. The summed E-state index contributed by atoms with van der Waals surface area (Å²) in [5, 5.41) is 10.9. The Morgan fingerprint density at radius 2 is 1.83 bits per heavy atom. The van der Waals surface area contributed by atoms with E-state index < -0.39 is 23.5 Å². The molecule has 8 nitrogen and oxygen atoms in total. The van der Waals surface area contributed by atoms with E-state index in [0.717, 1.165) is 25.9 Å². The van der Waals surface area contributed by atoms with Gasteiger partial charge in [0.1, 0.15) is 5.76 Å². The number of hydrogen-bond donors (Lipinski definition) is 1. The lowest BCUT2D eigenvalue weighted by atomic mass is 9.95. The maximum absolute atomic E-state index is 13.3. The SMILES string of the molecule is CCOc1ccc(C2C(C(=O)/C=C/c3ccco3)=C(O)C(=O)N2CCN2CCCCC2)cc1OCC. The Hall–Kier alpha value is -3.52. The van der Waals surface area contributed by atoms with Crippen molar-refractivity contribution in [1.29, 1.82) is 0 Å². The number of likely N-dealkylation sites (tertiary alicyclic amines) is 1. The van der Waals surface area contributed by atoms with E-state index in [1.54, 1.807) is 29.2 Å². The van der Waals surface area contributed by atoms with E-state index in [2.05, 4.69) is 4.90 Å². The van der Waals surface area contributed by atoms with E-state index in [4.69, 9.17) is 13.9 Å². The molecule has 3 heterocycles. The third-order valence-corrected chi connectivity index (χ3v) is 6.50. The van der Waals surface area contributed by atoms with Crippen LogP contribution in [0.2, 0.25) is 0 Å². The number of benzene rings is 1. The summed E-state index contributed by atoms with van der Waals surface area (Å²) in [5.41, 5.74) is 0.723. The highest BCUT2D eigenvalue weighted by atomic mass is 16.5. The van der Waals surface area contributed by atoms with Gasteiger partial charge in [0.25, 0.3) is 5.91 Å². The standard InChI is InChI=1S/C28H34N2O6/c1-3-34-23-13-10-20(19-24(23)35-4-2)26-25(22(31)12-11-21-9-8-18-36-21)27(32)28(33)30(26)17-16-29-14-6-5-7-15-29/h8-13,18-19,26,32H,3-7,14-17H2,1-2H3/b12-11+. The lowest BCUT2D eigenvalue weighted by molar-refractivity contribution is -0.129. The maximum Gasteiger partial charge on any atom is 0.290 e. The molecule has 0 spiro atoms. The number of aliphatic hydroxyl groups is 1. The second-order valence-electron chi connectivity index (χ2n) is 8.85. The van der Waals surface area contributed by atoms with Crippen LogP contribution in [0.15, 0.2) is 58.4 Å². The summed E-state index contributed by atoms with van der Waals surface area (Å²) in [6.45, 7) is 7.73. The molecule has 2 aliphatic heterocycles. The van der Waals surface area contributed by atoms with Crippen LogP contribution in [0.3, 0.4) is 0 Å². The molecule has 0 bridgehead atoms. The fraction of sp³-hybridized carbons (Fsp3) is 0.429. The van der Waals surface area contributed by atoms with Crippen LogP contribution in [0.1, 0.15) is 50.5 Å². The van der Waals surface area contributed by atoms with Crippen molar-refractivity contribution in [1.82, 2.24) is 9.80 Å². The van der Waals surface area contributed by atoms with E-state index in [0.29, 0.717) is 49.1 Å². The number of hydrogen-bond acceptors (Lipinski definition) is 7. The molecule has 0 radical (unpaired) electrons. The number of carbonyl (C=O) groups is 2. The minimum absolute atomic E-state index is 0.0491. The lowest BCUT2D eigenvalue weighted by Gasteiger charge is -2.32. The van der Waals surface area contributed by atoms with Gasteiger partial charge in [0, 0.05) is 13.1 Å². The smallest absolute Gasteiger partial charge is 0.290 e. The number of amides is 1. The Balaban J connectivity index is 1.68. The van der Waals surface area contributed by atoms with E-state index in [-0.39, 0.29) is 5.57 Å². The van der Waals surface area contributed by atoms with Gasteiger partial charge in [0.05, 0.1) is 31.1 Å². The van der Waals surface area contributed by atoms with Crippen molar-refractivity contribution in [3.8, 4) is 11.5 Å². The maximum atomic E-state index is 13.3. The van der Waals surface area contributed by atoms with Crippen LogP contribution in [0.25, 0.3) is 6.08 Å². The molecule has 2 aliphatic rings. The summed E-state index contributed by atoms with van der Waals surface area (Å²) < 4.78 is 16.8. The van der Waals surface area contributed by atoms with Crippen molar-refractivity contribution in [2.24, 2.45) is 0 Å². The van der Waals surface area contributed by atoms with E-state index in [9.17, 15) is 14.7 Å². The molecule has 2 aromatic rings. The van der Waals surface area contributed by atoms with Crippen LogP contribution in [-0.4, -0.2) is 66.0 Å². The molecule has 1 N–H and O–H groups in total. The minimum atomic E-state index is -0.745. The first-order valence-corrected chi connectivity index (χ1v) is 12.6. The molecule has 1 atom stereocenters. The number of ketones is 1. The predicted octanol–water partition coefficient (Wildman–Crippen LogP) is 4.54. The van der Waals surface area contributed by atoms with Gasteiger partial charge in [0.15, 0.2) is 23.0 Å². The quantitative estimate of drug-likeness (QED) is 0.459. The number of allylic oxidation sites excluding steroid dienone is 1. The zero-order valence-corrected chi connectivity index (χ0v) is 20.9. The molecule has 36 heavy (non-hydrogen) atoms. The van der Waals surface area contributed by atoms with Crippen molar-refractivity contribution < 1.29 is 28.6 Å². The number of piperidine rings is 1. The molecule has 1 aromatic carbocycles. The van der Waals surface area contributed by atoms with Gasteiger partial charge in [-0.3, -0.25) is 9.59 Å². The number of rotatable bonds is 11. The highest BCUT2D eigenvalue weighted by molar-refractivity contribution is 6.14. The highest BCUT2D eigenvalue weighted by Crippen LogP contribution is 2.41. The van der Waals surface area contributed by atoms with Gasteiger partial charge in [-0.15, -0.1) is 0 Å². The summed E-state index contributed by atoms with van der Waals surface area (Å²) in [6, 6.07) is 8.10. The van der Waals surface area contributed by atoms with Gasteiger partial charge >= 0.3 is 0 Å². The molecule has 0 saturated carbocycles. The number of nitrogens with zero attached hydrogens (tertiary/aromatic N) is 2. The Bertz CT molecular complexity index is 1120. The number of carbonyl (C=O) groups excluding carboxylic acids is 2. The molecule has 8 heteroatoms. The first-order chi connectivity index (χ1) is 17.5. The average molecular weight is 495 g/mol. The summed E-state index contributed by atoms with van der Waals surface area (Å²) >= 11 is 0. The van der Waals surface area contributed by atoms with Crippen molar-refractivity contribution in [3.05, 3.63) is 65.3 Å². The molecule has 192 valence electrons. The van der Waals surface area contributed by atoms with E-state index >= 15 is 0 Å². The average Bonchev–Trinajstić information content (AvgIpc) is 3.50. The largest absolute Gasteiger partial charge is 0.503 e. The Labute approximate surface area is 211 Å². The third kappa shape index (κ3) is 5.65.